The number of rotatable bonds is 6. The summed E-state index contributed by atoms with van der Waals surface area (Å²) >= 11 is 0. The highest BCUT2D eigenvalue weighted by atomic mass is 32.2. The Morgan fingerprint density at radius 3 is 2.46 bits per heavy atom. The molecule has 1 aliphatic rings. The van der Waals surface area contributed by atoms with Crippen molar-refractivity contribution in [2.75, 3.05) is 19.3 Å². The first-order valence-electron chi connectivity index (χ1n) is 8.76. The minimum Gasteiger partial charge on any atom is -0.356 e. The highest BCUT2D eigenvalue weighted by Gasteiger charge is 2.19. The molecule has 2 rings (SSSR count). The van der Waals surface area contributed by atoms with Crippen molar-refractivity contribution in [2.24, 2.45) is 10.9 Å². The Labute approximate surface area is 145 Å². The molecule has 0 aromatic heterocycles. The van der Waals surface area contributed by atoms with Crippen molar-refractivity contribution >= 4 is 15.8 Å². The molecule has 5 nitrogen and oxygen atoms in total. The Hall–Kier alpha value is -1.56. The highest BCUT2D eigenvalue weighted by Crippen LogP contribution is 2.23. The summed E-state index contributed by atoms with van der Waals surface area (Å²) in [5.74, 6) is 1.73. The maximum absolute atomic E-state index is 12.2. The van der Waals surface area contributed by atoms with Crippen LogP contribution in [0.1, 0.15) is 39.0 Å². The molecule has 0 heterocycles. The van der Waals surface area contributed by atoms with Gasteiger partial charge < -0.3 is 10.6 Å². The summed E-state index contributed by atoms with van der Waals surface area (Å²) < 4.78 is 24.4. The van der Waals surface area contributed by atoms with Crippen molar-refractivity contribution < 1.29 is 8.42 Å². The lowest BCUT2D eigenvalue weighted by atomic mass is 9.87. The molecular formula is C18H29N3O2S. The van der Waals surface area contributed by atoms with Crippen molar-refractivity contribution in [3.05, 3.63) is 30.3 Å². The lowest BCUT2D eigenvalue weighted by Crippen LogP contribution is -2.45. The van der Waals surface area contributed by atoms with E-state index < -0.39 is 9.84 Å². The number of benzene rings is 1. The molecule has 24 heavy (non-hydrogen) atoms. The van der Waals surface area contributed by atoms with Gasteiger partial charge in [-0.1, -0.05) is 25.1 Å². The first-order valence-corrected chi connectivity index (χ1v) is 10.4. The van der Waals surface area contributed by atoms with Crippen molar-refractivity contribution in [1.82, 2.24) is 10.6 Å². The first kappa shape index (κ1) is 18.8. The zero-order valence-corrected chi connectivity index (χ0v) is 15.5. The third kappa shape index (κ3) is 5.82. The number of guanidine groups is 1. The third-order valence-corrected chi connectivity index (χ3v) is 6.38. The van der Waals surface area contributed by atoms with Gasteiger partial charge in [0, 0.05) is 19.6 Å². The monoisotopic (exact) mass is 351 g/mol. The molecule has 6 heteroatoms. The van der Waals surface area contributed by atoms with E-state index in [9.17, 15) is 8.42 Å². The SMILES string of the molecule is CN=C(NCCCS(=O)(=O)c1ccccc1)NC1CCC(C)CC1. The molecule has 0 unspecified atom stereocenters. The van der Waals surface area contributed by atoms with Gasteiger partial charge >= 0.3 is 0 Å². The van der Waals surface area contributed by atoms with Crippen LogP contribution in [0.15, 0.2) is 40.2 Å². The molecule has 0 bridgehead atoms. The molecule has 1 saturated carbocycles. The van der Waals surface area contributed by atoms with E-state index in [0.29, 0.717) is 23.9 Å². The van der Waals surface area contributed by atoms with Crippen molar-refractivity contribution in [1.29, 1.82) is 0 Å². The van der Waals surface area contributed by atoms with Crippen molar-refractivity contribution in [3.63, 3.8) is 0 Å². The number of hydrogen-bond acceptors (Lipinski definition) is 3. The van der Waals surface area contributed by atoms with E-state index in [1.165, 1.54) is 25.7 Å². The molecule has 1 aromatic rings. The van der Waals surface area contributed by atoms with Crippen LogP contribution in [0.5, 0.6) is 0 Å². The lowest BCUT2D eigenvalue weighted by molar-refractivity contribution is 0.329. The van der Waals surface area contributed by atoms with Crippen molar-refractivity contribution in [2.45, 2.75) is 50.0 Å². The average Bonchev–Trinajstić information content (AvgIpc) is 2.60. The van der Waals surface area contributed by atoms with Crippen LogP contribution in [0.3, 0.4) is 0 Å². The normalized spacial score (nSPS) is 22.2. The number of aliphatic imine (C=N–C) groups is 1. The molecule has 0 amide bonds. The summed E-state index contributed by atoms with van der Waals surface area (Å²) in [6, 6.07) is 9.09. The first-order chi connectivity index (χ1) is 11.5. The van der Waals surface area contributed by atoms with E-state index in [0.717, 1.165) is 11.9 Å². The van der Waals surface area contributed by atoms with Crippen LogP contribution in [0, 0.1) is 5.92 Å². The maximum Gasteiger partial charge on any atom is 0.191 e. The Kier molecular flexibility index (Phi) is 7.09. The minimum absolute atomic E-state index is 0.141. The van der Waals surface area contributed by atoms with Crippen LogP contribution in [-0.2, 0) is 9.84 Å². The highest BCUT2D eigenvalue weighted by molar-refractivity contribution is 7.91. The van der Waals surface area contributed by atoms with Gasteiger partial charge in [-0.3, -0.25) is 4.99 Å². The number of nitrogens with one attached hydrogen (secondary N) is 2. The lowest BCUT2D eigenvalue weighted by Gasteiger charge is -2.28. The van der Waals surface area contributed by atoms with Crippen molar-refractivity contribution in [3.8, 4) is 0 Å². The molecule has 1 fully saturated rings. The second-order valence-corrected chi connectivity index (χ2v) is 8.69. The molecule has 0 atom stereocenters. The van der Waals surface area contributed by atoms with Gasteiger partial charge in [0.2, 0.25) is 0 Å². The zero-order valence-electron chi connectivity index (χ0n) is 14.7. The summed E-state index contributed by atoms with van der Waals surface area (Å²) in [7, 11) is -1.45. The molecule has 0 spiro atoms. The second-order valence-electron chi connectivity index (χ2n) is 6.59. The molecule has 0 saturated heterocycles. The Bertz CT molecular complexity index is 621. The van der Waals surface area contributed by atoms with Crippen LogP contribution in [0.25, 0.3) is 0 Å². The van der Waals surface area contributed by atoms with Gasteiger partial charge in [0.1, 0.15) is 0 Å². The standard InChI is InChI=1S/C18H29N3O2S/c1-15-9-11-16(12-10-15)21-18(19-2)20-13-6-14-24(22,23)17-7-4-3-5-8-17/h3-5,7-8,15-16H,6,9-14H2,1-2H3,(H2,19,20,21). The van der Waals surface area contributed by atoms with Gasteiger partial charge in [0.25, 0.3) is 0 Å². The Morgan fingerprint density at radius 1 is 1.17 bits per heavy atom. The predicted molar refractivity (Wildman–Crippen MR) is 99.0 cm³/mol. The summed E-state index contributed by atoms with van der Waals surface area (Å²) in [5, 5.41) is 6.67. The van der Waals surface area contributed by atoms with Gasteiger partial charge in [-0.05, 0) is 50.2 Å². The van der Waals surface area contributed by atoms with Crippen LogP contribution in [0.4, 0.5) is 0 Å². The van der Waals surface area contributed by atoms with Gasteiger partial charge in [0.15, 0.2) is 15.8 Å². The molecule has 0 radical (unpaired) electrons. The molecule has 1 aliphatic carbocycles. The van der Waals surface area contributed by atoms with Gasteiger partial charge in [0.05, 0.1) is 10.6 Å². The molecule has 134 valence electrons. The fourth-order valence-corrected chi connectivity index (χ4v) is 4.34. The maximum atomic E-state index is 12.2. The van der Waals surface area contributed by atoms with E-state index in [4.69, 9.17) is 0 Å². The number of sulfone groups is 1. The summed E-state index contributed by atoms with van der Waals surface area (Å²) in [4.78, 5) is 4.63. The van der Waals surface area contributed by atoms with Crippen LogP contribution in [-0.4, -0.2) is 39.8 Å². The average molecular weight is 352 g/mol. The fourth-order valence-electron chi connectivity index (χ4n) is 3.01. The molecule has 1 aromatic carbocycles. The smallest absolute Gasteiger partial charge is 0.191 e. The fraction of sp³-hybridized carbons (Fsp3) is 0.611. The van der Waals surface area contributed by atoms with Crippen LogP contribution < -0.4 is 10.6 Å². The van der Waals surface area contributed by atoms with E-state index >= 15 is 0 Å². The quantitative estimate of drug-likeness (QED) is 0.469. The summed E-state index contributed by atoms with van der Waals surface area (Å²) in [5.41, 5.74) is 0. The van der Waals surface area contributed by atoms with E-state index in [1.807, 2.05) is 6.07 Å². The molecule has 2 N–H and O–H groups in total. The van der Waals surface area contributed by atoms with Crippen LogP contribution in [0.2, 0.25) is 0 Å². The largest absolute Gasteiger partial charge is 0.356 e. The topological polar surface area (TPSA) is 70.6 Å². The molecular weight excluding hydrogens is 322 g/mol. The summed E-state index contributed by atoms with van der Waals surface area (Å²) in [6.45, 7) is 2.89. The zero-order chi connectivity index (χ0) is 17.4. The van der Waals surface area contributed by atoms with Gasteiger partial charge in [-0.15, -0.1) is 0 Å². The Balaban J connectivity index is 1.72. The number of hydrogen-bond donors (Lipinski definition) is 2. The Morgan fingerprint density at radius 2 is 1.83 bits per heavy atom. The van der Waals surface area contributed by atoms with E-state index in [-0.39, 0.29) is 5.75 Å². The van der Waals surface area contributed by atoms with E-state index in [2.05, 4.69) is 22.5 Å². The minimum atomic E-state index is -3.20. The summed E-state index contributed by atoms with van der Waals surface area (Å²) in [6.07, 6.45) is 5.40. The van der Waals surface area contributed by atoms with E-state index in [1.54, 1.807) is 31.3 Å². The predicted octanol–water partition coefficient (Wildman–Crippen LogP) is 2.59. The third-order valence-electron chi connectivity index (χ3n) is 4.56. The second kappa shape index (κ2) is 9.06. The molecule has 0 aliphatic heterocycles. The van der Waals surface area contributed by atoms with Gasteiger partial charge in [-0.25, -0.2) is 8.42 Å². The number of nitrogens with zero attached hydrogens (tertiary/aromatic N) is 1. The van der Waals surface area contributed by atoms with Crippen LogP contribution >= 0.6 is 0 Å². The van der Waals surface area contributed by atoms with Gasteiger partial charge in [-0.2, -0.15) is 0 Å².